The topological polar surface area (TPSA) is 66.8 Å². The Bertz CT molecular complexity index is 852. The van der Waals surface area contributed by atoms with E-state index >= 15 is 0 Å². The van der Waals surface area contributed by atoms with E-state index in [2.05, 4.69) is 0 Å². The molecule has 0 aromatic heterocycles. The predicted molar refractivity (Wildman–Crippen MR) is 99.6 cm³/mol. The molecule has 0 fully saturated rings. The Labute approximate surface area is 165 Å². The highest BCUT2D eigenvalue weighted by Gasteiger charge is 2.32. The van der Waals surface area contributed by atoms with Crippen molar-refractivity contribution in [1.82, 2.24) is 4.90 Å². The molecule has 0 spiro atoms. The number of carboxylic acids is 1. The van der Waals surface area contributed by atoms with Crippen LogP contribution in [0.25, 0.3) is 11.1 Å². The summed E-state index contributed by atoms with van der Waals surface area (Å²) in [6.07, 6.45) is -7.08. The molecule has 154 valence electrons. The maximum Gasteiger partial charge on any atom is 0.409 e. The molecule has 2 aromatic carbocycles. The third-order valence-electron chi connectivity index (χ3n) is 4.86. The number of nitrogens with zero attached hydrogens (tertiary/aromatic N) is 1. The number of carboxylic acid groups (broad SMARTS) is 1. The van der Waals surface area contributed by atoms with Crippen LogP contribution < -0.4 is 0 Å². The van der Waals surface area contributed by atoms with Crippen molar-refractivity contribution in [2.45, 2.75) is 24.9 Å². The molecular formula is C21H20F3NO4. The van der Waals surface area contributed by atoms with Crippen molar-refractivity contribution in [3.05, 3.63) is 59.7 Å². The number of carbonyl (C=O) groups is 2. The molecule has 1 aliphatic rings. The van der Waals surface area contributed by atoms with Crippen molar-refractivity contribution in [3.8, 4) is 11.1 Å². The van der Waals surface area contributed by atoms with Crippen LogP contribution in [0.4, 0.5) is 18.0 Å². The van der Waals surface area contributed by atoms with Crippen molar-refractivity contribution in [2.75, 3.05) is 19.7 Å². The molecule has 3 rings (SSSR count). The normalized spacial score (nSPS) is 12.9. The second-order valence-electron chi connectivity index (χ2n) is 6.80. The minimum Gasteiger partial charge on any atom is -0.481 e. The summed E-state index contributed by atoms with van der Waals surface area (Å²) in [6.45, 7) is -1.03. The van der Waals surface area contributed by atoms with Gasteiger partial charge in [0, 0.05) is 19.0 Å². The van der Waals surface area contributed by atoms with Crippen LogP contribution in [-0.2, 0) is 9.53 Å². The third kappa shape index (κ3) is 5.07. The molecule has 0 atom stereocenters. The standard InChI is InChI=1S/C21H20F3NO4/c22-21(23,24)10-12-25(11-9-19(26)27)20(28)29-13-18-16-7-3-1-5-14(16)15-6-2-4-8-17(15)18/h1-8,18H,9-13H2,(H,26,27). The Morgan fingerprint density at radius 3 is 2.03 bits per heavy atom. The summed E-state index contributed by atoms with van der Waals surface area (Å²) in [4.78, 5) is 24.0. The van der Waals surface area contributed by atoms with Crippen LogP contribution in [0.1, 0.15) is 29.9 Å². The summed E-state index contributed by atoms with van der Waals surface area (Å²) in [5.41, 5.74) is 4.02. The third-order valence-corrected chi connectivity index (χ3v) is 4.86. The molecule has 1 aliphatic carbocycles. The largest absolute Gasteiger partial charge is 0.481 e. The number of hydrogen-bond acceptors (Lipinski definition) is 3. The molecule has 0 heterocycles. The van der Waals surface area contributed by atoms with Crippen LogP contribution in [-0.4, -0.2) is 47.9 Å². The Morgan fingerprint density at radius 1 is 0.966 bits per heavy atom. The number of rotatable bonds is 7. The van der Waals surface area contributed by atoms with Crippen LogP contribution in [0.15, 0.2) is 48.5 Å². The van der Waals surface area contributed by atoms with Crippen LogP contribution in [0, 0.1) is 0 Å². The summed E-state index contributed by atoms with van der Waals surface area (Å²) in [7, 11) is 0. The molecule has 5 nitrogen and oxygen atoms in total. The second-order valence-corrected chi connectivity index (χ2v) is 6.80. The van der Waals surface area contributed by atoms with E-state index in [-0.39, 0.29) is 19.1 Å². The first-order valence-electron chi connectivity index (χ1n) is 9.15. The van der Waals surface area contributed by atoms with E-state index < -0.39 is 37.6 Å². The van der Waals surface area contributed by atoms with E-state index in [0.29, 0.717) is 0 Å². The summed E-state index contributed by atoms with van der Waals surface area (Å²) >= 11 is 0. The number of amides is 1. The van der Waals surface area contributed by atoms with E-state index in [4.69, 9.17) is 9.84 Å². The zero-order chi connectivity index (χ0) is 21.0. The Hall–Kier alpha value is -3.03. The first-order chi connectivity index (χ1) is 13.8. The number of halogens is 3. The number of ether oxygens (including phenoxy) is 1. The lowest BCUT2D eigenvalue weighted by molar-refractivity contribution is -0.138. The lowest BCUT2D eigenvalue weighted by Gasteiger charge is -2.23. The summed E-state index contributed by atoms with van der Waals surface area (Å²) in [5.74, 6) is -1.43. The molecule has 8 heteroatoms. The summed E-state index contributed by atoms with van der Waals surface area (Å²) in [5, 5.41) is 8.79. The van der Waals surface area contributed by atoms with E-state index in [1.807, 2.05) is 48.5 Å². The van der Waals surface area contributed by atoms with E-state index in [1.165, 1.54) is 0 Å². The maximum absolute atomic E-state index is 12.5. The SMILES string of the molecule is O=C(O)CCN(CCC(F)(F)F)C(=O)OCC1c2ccccc2-c2ccccc21. The fraction of sp³-hybridized carbons (Fsp3) is 0.333. The van der Waals surface area contributed by atoms with Gasteiger partial charge in [-0.15, -0.1) is 0 Å². The van der Waals surface area contributed by atoms with Gasteiger partial charge >= 0.3 is 18.2 Å². The minimum atomic E-state index is -4.45. The molecule has 29 heavy (non-hydrogen) atoms. The van der Waals surface area contributed by atoms with Crippen molar-refractivity contribution in [1.29, 1.82) is 0 Å². The van der Waals surface area contributed by atoms with Crippen molar-refractivity contribution < 1.29 is 32.6 Å². The van der Waals surface area contributed by atoms with E-state index in [1.54, 1.807) is 0 Å². The fourth-order valence-electron chi connectivity index (χ4n) is 3.47. The summed E-state index contributed by atoms with van der Waals surface area (Å²) < 4.78 is 43.0. The van der Waals surface area contributed by atoms with Gasteiger partial charge in [0.25, 0.3) is 0 Å². The molecule has 1 amide bonds. The Balaban J connectivity index is 1.71. The van der Waals surface area contributed by atoms with Gasteiger partial charge in [-0.3, -0.25) is 4.79 Å². The fourth-order valence-corrected chi connectivity index (χ4v) is 3.47. The first kappa shape index (κ1) is 20.7. The van der Waals surface area contributed by atoms with Gasteiger partial charge in [0.2, 0.25) is 0 Å². The molecule has 1 N–H and O–H groups in total. The predicted octanol–water partition coefficient (Wildman–Crippen LogP) is 4.66. The van der Waals surface area contributed by atoms with Crippen LogP contribution in [0.3, 0.4) is 0 Å². The Kier molecular flexibility index (Phi) is 6.10. The number of aliphatic carboxylic acids is 1. The first-order valence-corrected chi connectivity index (χ1v) is 9.15. The highest BCUT2D eigenvalue weighted by molar-refractivity contribution is 5.79. The van der Waals surface area contributed by atoms with Gasteiger partial charge in [-0.2, -0.15) is 13.2 Å². The zero-order valence-corrected chi connectivity index (χ0v) is 15.5. The summed E-state index contributed by atoms with van der Waals surface area (Å²) in [6, 6.07) is 15.4. The van der Waals surface area contributed by atoms with Gasteiger partial charge in [-0.05, 0) is 22.3 Å². The van der Waals surface area contributed by atoms with Crippen LogP contribution in [0.5, 0.6) is 0 Å². The van der Waals surface area contributed by atoms with Gasteiger partial charge in [0.15, 0.2) is 0 Å². The molecular weight excluding hydrogens is 387 g/mol. The van der Waals surface area contributed by atoms with Gasteiger partial charge < -0.3 is 14.7 Å². The lowest BCUT2D eigenvalue weighted by atomic mass is 9.98. The Morgan fingerprint density at radius 2 is 1.52 bits per heavy atom. The van der Waals surface area contributed by atoms with Crippen molar-refractivity contribution in [2.24, 2.45) is 0 Å². The average Bonchev–Trinajstić information content (AvgIpc) is 2.99. The minimum absolute atomic E-state index is 0.0392. The van der Waals surface area contributed by atoms with Gasteiger partial charge in [-0.25, -0.2) is 4.79 Å². The molecule has 0 saturated heterocycles. The highest BCUT2D eigenvalue weighted by Crippen LogP contribution is 2.44. The molecule has 0 radical (unpaired) electrons. The molecule has 0 saturated carbocycles. The number of fused-ring (bicyclic) bond motifs is 3. The number of alkyl halides is 3. The monoisotopic (exact) mass is 407 g/mol. The van der Waals surface area contributed by atoms with Gasteiger partial charge in [0.1, 0.15) is 6.61 Å². The van der Waals surface area contributed by atoms with Crippen molar-refractivity contribution in [3.63, 3.8) is 0 Å². The lowest BCUT2D eigenvalue weighted by Crippen LogP contribution is -2.36. The van der Waals surface area contributed by atoms with E-state index in [0.717, 1.165) is 27.2 Å². The van der Waals surface area contributed by atoms with E-state index in [9.17, 15) is 22.8 Å². The number of hydrogen-bond donors (Lipinski definition) is 1. The zero-order valence-electron chi connectivity index (χ0n) is 15.5. The average molecular weight is 407 g/mol. The quantitative estimate of drug-likeness (QED) is 0.725. The van der Waals surface area contributed by atoms with Crippen molar-refractivity contribution >= 4 is 12.1 Å². The molecule has 0 aliphatic heterocycles. The molecule has 0 bridgehead atoms. The molecule has 0 unspecified atom stereocenters. The van der Waals surface area contributed by atoms with Crippen LogP contribution >= 0.6 is 0 Å². The number of benzene rings is 2. The maximum atomic E-state index is 12.5. The van der Waals surface area contributed by atoms with Crippen LogP contribution in [0.2, 0.25) is 0 Å². The highest BCUT2D eigenvalue weighted by atomic mass is 19.4. The smallest absolute Gasteiger partial charge is 0.409 e. The molecule has 2 aromatic rings. The second kappa shape index (κ2) is 8.55. The van der Waals surface area contributed by atoms with Gasteiger partial charge in [-0.1, -0.05) is 48.5 Å². The number of carbonyl (C=O) groups excluding carboxylic acids is 1. The van der Waals surface area contributed by atoms with Gasteiger partial charge in [0.05, 0.1) is 12.8 Å².